The summed E-state index contributed by atoms with van der Waals surface area (Å²) in [6, 6.07) is 7.97. The molecule has 3 rings (SSSR count). The molecular weight excluding hydrogens is 360 g/mol. The number of hydrogen-bond donors (Lipinski definition) is 2. The molecule has 23 heavy (non-hydrogen) atoms. The van der Waals surface area contributed by atoms with E-state index in [0.29, 0.717) is 24.3 Å². The fourth-order valence-corrected chi connectivity index (χ4v) is 2.80. The lowest BCUT2D eigenvalue weighted by molar-refractivity contribution is 0.0696. The molecule has 0 amide bonds. The Balaban J connectivity index is 1.97. The molecule has 0 radical (unpaired) electrons. The van der Waals surface area contributed by atoms with Crippen LogP contribution in [0.2, 0.25) is 0 Å². The predicted molar refractivity (Wildman–Crippen MR) is 90.8 cm³/mol. The minimum Gasteiger partial charge on any atom is -0.478 e. The second-order valence-corrected chi connectivity index (χ2v) is 5.98. The summed E-state index contributed by atoms with van der Waals surface area (Å²) in [5, 5.41) is 16.7. The van der Waals surface area contributed by atoms with Crippen molar-refractivity contribution in [2.24, 2.45) is 0 Å². The number of nitrogens with zero attached hydrogens (tertiary/aromatic N) is 3. The Bertz CT molecular complexity index is 858. The van der Waals surface area contributed by atoms with Crippen molar-refractivity contribution in [2.45, 2.75) is 19.9 Å². The summed E-state index contributed by atoms with van der Waals surface area (Å²) in [5.74, 6) is -0.321. The van der Waals surface area contributed by atoms with E-state index in [1.807, 2.05) is 31.2 Å². The van der Waals surface area contributed by atoms with Gasteiger partial charge in [-0.1, -0.05) is 35.0 Å². The van der Waals surface area contributed by atoms with Crippen LogP contribution in [0, 0.1) is 0 Å². The van der Waals surface area contributed by atoms with Crippen molar-refractivity contribution in [1.82, 2.24) is 14.6 Å². The number of aromatic nitrogens is 3. The lowest BCUT2D eigenvalue weighted by Gasteiger charge is -2.08. The number of fused-ring (bicyclic) bond motifs is 1. The zero-order valence-electron chi connectivity index (χ0n) is 12.5. The van der Waals surface area contributed by atoms with Crippen LogP contribution in [-0.2, 0) is 13.0 Å². The van der Waals surface area contributed by atoms with E-state index < -0.39 is 5.97 Å². The number of aryl methyl sites for hydroxylation is 1. The van der Waals surface area contributed by atoms with Gasteiger partial charge in [-0.3, -0.25) is 0 Å². The smallest absolute Gasteiger partial charge is 0.337 e. The predicted octanol–water partition coefficient (Wildman–Crippen LogP) is 3.36. The topological polar surface area (TPSA) is 79.5 Å². The molecule has 0 fully saturated rings. The number of hydrogen-bond acceptors (Lipinski definition) is 4. The summed E-state index contributed by atoms with van der Waals surface area (Å²) in [7, 11) is 0. The monoisotopic (exact) mass is 374 g/mol. The molecule has 3 aromatic rings. The molecule has 0 aliphatic heterocycles. The average Bonchev–Trinajstić information content (AvgIpc) is 2.94. The van der Waals surface area contributed by atoms with Gasteiger partial charge in [-0.2, -0.15) is 5.10 Å². The maximum Gasteiger partial charge on any atom is 0.337 e. The van der Waals surface area contributed by atoms with Crippen LogP contribution >= 0.6 is 15.9 Å². The summed E-state index contributed by atoms with van der Waals surface area (Å²) in [5.41, 5.74) is 2.81. The van der Waals surface area contributed by atoms with E-state index >= 15 is 0 Å². The molecule has 2 N–H and O–H groups in total. The minimum atomic E-state index is -0.953. The number of rotatable bonds is 5. The maximum atomic E-state index is 11.4. The zero-order valence-corrected chi connectivity index (χ0v) is 14.0. The quantitative estimate of drug-likeness (QED) is 0.715. The van der Waals surface area contributed by atoms with E-state index in [4.69, 9.17) is 0 Å². The van der Waals surface area contributed by atoms with E-state index in [1.165, 1.54) is 12.5 Å². The van der Waals surface area contributed by atoms with Crippen molar-refractivity contribution in [3.63, 3.8) is 0 Å². The van der Waals surface area contributed by atoms with Crippen molar-refractivity contribution < 1.29 is 9.90 Å². The van der Waals surface area contributed by atoms with E-state index in [0.717, 1.165) is 15.6 Å². The molecule has 7 heteroatoms. The number of nitrogens with one attached hydrogen (secondary N) is 1. The first-order valence-corrected chi connectivity index (χ1v) is 7.96. The average molecular weight is 375 g/mol. The molecule has 2 aromatic heterocycles. The summed E-state index contributed by atoms with van der Waals surface area (Å²) >= 11 is 3.41. The summed E-state index contributed by atoms with van der Waals surface area (Å²) < 4.78 is 2.59. The van der Waals surface area contributed by atoms with Crippen LogP contribution in [-0.4, -0.2) is 25.7 Å². The van der Waals surface area contributed by atoms with E-state index in [9.17, 15) is 9.90 Å². The van der Waals surface area contributed by atoms with Crippen molar-refractivity contribution in [3.8, 4) is 0 Å². The molecule has 0 bridgehead atoms. The first-order chi connectivity index (χ1) is 11.1. The fraction of sp³-hybridized carbons (Fsp3) is 0.188. The molecular formula is C16H15BrN4O2. The van der Waals surface area contributed by atoms with E-state index in [1.54, 1.807) is 4.52 Å². The summed E-state index contributed by atoms with van der Waals surface area (Å²) in [4.78, 5) is 15.7. The highest BCUT2D eigenvalue weighted by Gasteiger charge is 2.18. The largest absolute Gasteiger partial charge is 0.478 e. The third-order valence-electron chi connectivity index (χ3n) is 3.64. The molecule has 0 unspecified atom stereocenters. The third kappa shape index (κ3) is 3.05. The number of carbonyl (C=O) groups is 1. The van der Waals surface area contributed by atoms with Gasteiger partial charge in [0.15, 0.2) is 5.82 Å². The zero-order chi connectivity index (χ0) is 16.4. The Hall–Kier alpha value is -2.41. The van der Waals surface area contributed by atoms with Gasteiger partial charge < -0.3 is 10.4 Å². The third-order valence-corrected chi connectivity index (χ3v) is 4.16. The molecule has 0 spiro atoms. The van der Waals surface area contributed by atoms with E-state index in [2.05, 4.69) is 31.3 Å². The molecule has 0 saturated heterocycles. The molecule has 6 nitrogen and oxygen atoms in total. The first-order valence-electron chi connectivity index (χ1n) is 7.17. The standard InChI is InChI=1S/C16H15BrN4O2/c1-2-12-13(16(22)23)8-21-14(12)15(19-9-20-21)18-7-10-3-5-11(17)6-4-10/h3-6,8-9H,2,7H2,1H3,(H,22,23)(H,18,19,20). The number of carboxylic acids is 1. The summed E-state index contributed by atoms with van der Waals surface area (Å²) in [6.45, 7) is 2.52. The second kappa shape index (κ2) is 6.37. The fourth-order valence-electron chi connectivity index (χ4n) is 2.53. The second-order valence-electron chi connectivity index (χ2n) is 5.06. The van der Waals surface area contributed by atoms with Crippen LogP contribution < -0.4 is 5.32 Å². The highest BCUT2D eigenvalue weighted by Crippen LogP contribution is 2.24. The van der Waals surface area contributed by atoms with Crippen molar-refractivity contribution in [1.29, 1.82) is 0 Å². The van der Waals surface area contributed by atoms with Crippen LogP contribution in [0.4, 0.5) is 5.82 Å². The van der Waals surface area contributed by atoms with Crippen LogP contribution in [0.5, 0.6) is 0 Å². The van der Waals surface area contributed by atoms with Crippen molar-refractivity contribution in [2.75, 3.05) is 5.32 Å². The number of carboxylic acid groups (broad SMARTS) is 1. The lowest BCUT2D eigenvalue weighted by Crippen LogP contribution is -2.05. The van der Waals surface area contributed by atoms with Gasteiger partial charge in [0.25, 0.3) is 0 Å². The number of anilines is 1. The Morgan fingerprint density at radius 2 is 2.09 bits per heavy atom. The molecule has 2 heterocycles. The molecule has 0 aliphatic carbocycles. The van der Waals surface area contributed by atoms with Gasteiger partial charge in [-0.05, 0) is 29.7 Å². The highest BCUT2D eigenvalue weighted by atomic mass is 79.9. The molecule has 0 atom stereocenters. The summed E-state index contributed by atoms with van der Waals surface area (Å²) in [6.07, 6.45) is 3.55. The normalized spacial score (nSPS) is 10.9. The van der Waals surface area contributed by atoms with Crippen LogP contribution in [0.3, 0.4) is 0 Å². The minimum absolute atomic E-state index is 0.264. The van der Waals surface area contributed by atoms with E-state index in [-0.39, 0.29) is 5.56 Å². The molecule has 1 aromatic carbocycles. The van der Waals surface area contributed by atoms with Gasteiger partial charge in [0, 0.05) is 17.2 Å². The number of benzene rings is 1. The Labute approximate surface area is 141 Å². The Morgan fingerprint density at radius 3 is 2.74 bits per heavy atom. The molecule has 118 valence electrons. The lowest BCUT2D eigenvalue weighted by atomic mass is 10.1. The highest BCUT2D eigenvalue weighted by molar-refractivity contribution is 9.10. The van der Waals surface area contributed by atoms with Gasteiger partial charge in [0.2, 0.25) is 0 Å². The molecule has 0 aliphatic rings. The molecule has 0 saturated carbocycles. The number of halogens is 1. The van der Waals surface area contributed by atoms with Gasteiger partial charge in [0.05, 0.1) is 5.56 Å². The van der Waals surface area contributed by atoms with Crippen LogP contribution in [0.15, 0.2) is 41.3 Å². The van der Waals surface area contributed by atoms with Crippen molar-refractivity contribution in [3.05, 3.63) is 58.0 Å². The van der Waals surface area contributed by atoms with Gasteiger partial charge in [-0.25, -0.2) is 14.3 Å². The van der Waals surface area contributed by atoms with Gasteiger partial charge in [-0.15, -0.1) is 0 Å². The maximum absolute atomic E-state index is 11.4. The first kappa shape index (κ1) is 15.5. The Kier molecular flexibility index (Phi) is 4.29. The Morgan fingerprint density at radius 1 is 1.35 bits per heavy atom. The van der Waals surface area contributed by atoms with Crippen molar-refractivity contribution >= 4 is 33.2 Å². The van der Waals surface area contributed by atoms with Crippen LogP contribution in [0.1, 0.15) is 28.4 Å². The number of aromatic carboxylic acids is 1. The van der Waals surface area contributed by atoms with Crippen LogP contribution in [0.25, 0.3) is 5.52 Å². The van der Waals surface area contributed by atoms with Gasteiger partial charge >= 0.3 is 5.97 Å². The SMILES string of the molecule is CCc1c(C(=O)O)cn2ncnc(NCc3ccc(Br)cc3)c12. The van der Waals surface area contributed by atoms with Gasteiger partial charge in [0.1, 0.15) is 11.8 Å².